The van der Waals surface area contributed by atoms with Crippen LogP contribution in [0.2, 0.25) is 0 Å². The van der Waals surface area contributed by atoms with Gasteiger partial charge >= 0.3 is 0 Å². The maximum absolute atomic E-state index is 11.9. The fourth-order valence-corrected chi connectivity index (χ4v) is 2.98. The van der Waals surface area contributed by atoms with Crippen molar-refractivity contribution >= 4 is 11.6 Å². The molecule has 1 fully saturated rings. The third-order valence-corrected chi connectivity index (χ3v) is 4.34. The number of carbonyl (C=O) groups is 1. The molecule has 0 aliphatic carbocycles. The smallest absolute Gasteiger partial charge is 0.246 e. The minimum absolute atomic E-state index is 0.104. The Labute approximate surface area is 136 Å². The molecule has 1 aliphatic heterocycles. The van der Waals surface area contributed by atoms with Crippen LogP contribution in [0.5, 0.6) is 0 Å². The van der Waals surface area contributed by atoms with Gasteiger partial charge in [-0.15, -0.1) is 0 Å². The van der Waals surface area contributed by atoms with Crippen LogP contribution in [-0.2, 0) is 17.9 Å². The highest BCUT2D eigenvalue weighted by Crippen LogP contribution is 2.20. The number of rotatable bonds is 5. The average molecular weight is 313 g/mol. The minimum atomic E-state index is -0.104. The van der Waals surface area contributed by atoms with Crippen LogP contribution in [-0.4, -0.2) is 38.2 Å². The van der Waals surface area contributed by atoms with E-state index in [4.69, 9.17) is 0 Å². The van der Waals surface area contributed by atoms with Crippen LogP contribution in [0.1, 0.15) is 31.7 Å². The lowest BCUT2D eigenvalue weighted by Crippen LogP contribution is -2.36. The quantitative estimate of drug-likeness (QED) is 0.920. The largest absolute Gasteiger partial charge is 0.324 e. The molecule has 23 heavy (non-hydrogen) atoms. The number of hydrogen-bond acceptors (Lipinski definition) is 4. The second-order valence-electron chi connectivity index (χ2n) is 6.15. The molecule has 1 amide bonds. The van der Waals surface area contributed by atoms with Crippen molar-refractivity contribution in [1.82, 2.24) is 19.7 Å². The molecule has 1 N–H and O–H groups in total. The number of nitrogens with one attached hydrogen (secondary N) is 1. The summed E-state index contributed by atoms with van der Waals surface area (Å²) >= 11 is 0. The fourth-order valence-electron chi connectivity index (χ4n) is 2.98. The zero-order valence-corrected chi connectivity index (χ0v) is 13.5. The summed E-state index contributed by atoms with van der Waals surface area (Å²) in [6.07, 6.45) is 6.87. The molecule has 1 atom stereocenters. The summed E-state index contributed by atoms with van der Waals surface area (Å²) in [6, 6.07) is 8.76. The molecular formula is C17H23N5O. The zero-order valence-electron chi connectivity index (χ0n) is 13.5. The minimum Gasteiger partial charge on any atom is -0.324 e. The maximum atomic E-state index is 11.9. The Balaban J connectivity index is 1.53. The van der Waals surface area contributed by atoms with Gasteiger partial charge in [-0.1, -0.05) is 18.6 Å². The Morgan fingerprint density at radius 1 is 1.30 bits per heavy atom. The van der Waals surface area contributed by atoms with Gasteiger partial charge in [-0.25, -0.2) is 9.67 Å². The van der Waals surface area contributed by atoms with Gasteiger partial charge < -0.3 is 5.32 Å². The number of likely N-dealkylation sites (tertiary alicyclic amines) is 1. The first kappa shape index (κ1) is 15.7. The Hall–Kier alpha value is -2.21. The molecule has 3 rings (SSSR count). The molecule has 0 radical (unpaired) electrons. The molecule has 1 aromatic carbocycles. The predicted molar refractivity (Wildman–Crippen MR) is 88.8 cm³/mol. The molecule has 1 aliphatic rings. The van der Waals surface area contributed by atoms with E-state index in [9.17, 15) is 4.79 Å². The highest BCUT2D eigenvalue weighted by Gasteiger charge is 2.17. The Bertz CT molecular complexity index is 623. The molecule has 0 spiro atoms. The van der Waals surface area contributed by atoms with Gasteiger partial charge in [0.25, 0.3) is 0 Å². The number of carbonyl (C=O) groups excluding carboxylic acids is 1. The summed E-state index contributed by atoms with van der Waals surface area (Å²) < 4.78 is 1.50. The van der Waals surface area contributed by atoms with Crippen molar-refractivity contribution < 1.29 is 4.79 Å². The van der Waals surface area contributed by atoms with Gasteiger partial charge in [-0.3, -0.25) is 9.69 Å². The molecule has 2 aromatic rings. The summed E-state index contributed by atoms with van der Waals surface area (Å²) in [5, 5.41) is 6.80. The lowest BCUT2D eigenvalue weighted by molar-refractivity contribution is -0.116. The molecule has 122 valence electrons. The lowest BCUT2D eigenvalue weighted by atomic mass is 10.0. The lowest BCUT2D eigenvalue weighted by Gasteiger charge is -2.33. The van der Waals surface area contributed by atoms with Gasteiger partial charge in [0.15, 0.2) is 0 Å². The van der Waals surface area contributed by atoms with E-state index < -0.39 is 0 Å². The van der Waals surface area contributed by atoms with E-state index in [1.54, 1.807) is 0 Å². The van der Waals surface area contributed by atoms with Gasteiger partial charge in [0.2, 0.25) is 5.91 Å². The van der Waals surface area contributed by atoms with Gasteiger partial charge in [0, 0.05) is 18.3 Å². The van der Waals surface area contributed by atoms with Crippen LogP contribution < -0.4 is 5.32 Å². The van der Waals surface area contributed by atoms with E-state index >= 15 is 0 Å². The molecule has 1 aromatic heterocycles. The number of aromatic nitrogens is 3. The van der Waals surface area contributed by atoms with Crippen molar-refractivity contribution in [2.24, 2.45) is 0 Å². The third-order valence-electron chi connectivity index (χ3n) is 4.34. The van der Waals surface area contributed by atoms with Crippen LogP contribution in [0, 0.1) is 0 Å². The monoisotopic (exact) mass is 313 g/mol. The fraction of sp³-hybridized carbons (Fsp3) is 0.471. The molecule has 1 unspecified atom stereocenters. The van der Waals surface area contributed by atoms with Crippen molar-refractivity contribution in [3.05, 3.63) is 42.5 Å². The number of anilines is 1. The summed E-state index contributed by atoms with van der Waals surface area (Å²) in [4.78, 5) is 18.3. The second-order valence-corrected chi connectivity index (χ2v) is 6.15. The Kier molecular flexibility index (Phi) is 5.02. The topological polar surface area (TPSA) is 63.1 Å². The van der Waals surface area contributed by atoms with Crippen LogP contribution in [0.25, 0.3) is 0 Å². The Morgan fingerprint density at radius 3 is 2.83 bits per heavy atom. The summed E-state index contributed by atoms with van der Waals surface area (Å²) in [5.74, 6) is -0.104. The van der Waals surface area contributed by atoms with E-state index in [1.807, 2.05) is 12.1 Å². The highest BCUT2D eigenvalue weighted by atomic mass is 16.2. The second kappa shape index (κ2) is 7.37. The first-order valence-electron chi connectivity index (χ1n) is 8.16. The summed E-state index contributed by atoms with van der Waals surface area (Å²) in [7, 11) is 0. The normalized spacial score (nSPS) is 18.7. The van der Waals surface area contributed by atoms with Gasteiger partial charge in [0.05, 0.1) is 0 Å². The highest BCUT2D eigenvalue weighted by molar-refractivity contribution is 5.90. The van der Waals surface area contributed by atoms with Crippen molar-refractivity contribution in [1.29, 1.82) is 0 Å². The standard InChI is InChI=1S/C17H23N5O/c1-14-4-2-3-9-21(14)10-15-5-7-16(8-6-15)20-17(23)11-22-13-18-12-19-22/h5-8,12-14H,2-4,9-11H2,1H3,(H,20,23). The number of benzene rings is 1. The molecule has 6 heteroatoms. The van der Waals surface area contributed by atoms with Crippen LogP contribution in [0.3, 0.4) is 0 Å². The van der Waals surface area contributed by atoms with E-state index in [-0.39, 0.29) is 12.5 Å². The van der Waals surface area contributed by atoms with E-state index in [0.29, 0.717) is 6.04 Å². The number of amides is 1. The number of piperidine rings is 1. The van der Waals surface area contributed by atoms with Gasteiger partial charge in [-0.05, 0) is 44.0 Å². The van der Waals surface area contributed by atoms with Crippen LogP contribution in [0.15, 0.2) is 36.9 Å². The predicted octanol–water partition coefficient (Wildman–Crippen LogP) is 2.29. The first-order valence-corrected chi connectivity index (χ1v) is 8.16. The summed E-state index contributed by atoms with van der Waals surface area (Å²) in [6.45, 7) is 4.64. The molecule has 6 nitrogen and oxygen atoms in total. The van der Waals surface area contributed by atoms with E-state index in [0.717, 1.165) is 12.2 Å². The molecule has 0 saturated carbocycles. The van der Waals surface area contributed by atoms with E-state index in [1.165, 1.54) is 48.7 Å². The molecule has 2 heterocycles. The van der Waals surface area contributed by atoms with Crippen molar-refractivity contribution in [3.63, 3.8) is 0 Å². The molecule has 0 bridgehead atoms. The van der Waals surface area contributed by atoms with Gasteiger partial charge in [0.1, 0.15) is 19.2 Å². The van der Waals surface area contributed by atoms with Crippen molar-refractivity contribution in [3.8, 4) is 0 Å². The average Bonchev–Trinajstić information content (AvgIpc) is 3.04. The number of hydrogen-bond donors (Lipinski definition) is 1. The van der Waals surface area contributed by atoms with Crippen LogP contribution >= 0.6 is 0 Å². The molecular weight excluding hydrogens is 290 g/mol. The van der Waals surface area contributed by atoms with Crippen molar-refractivity contribution in [2.45, 2.75) is 45.3 Å². The molecule has 1 saturated heterocycles. The Morgan fingerprint density at radius 2 is 2.13 bits per heavy atom. The van der Waals surface area contributed by atoms with Crippen molar-refractivity contribution in [2.75, 3.05) is 11.9 Å². The maximum Gasteiger partial charge on any atom is 0.246 e. The SMILES string of the molecule is CC1CCCCN1Cc1ccc(NC(=O)Cn2cncn2)cc1. The summed E-state index contributed by atoms with van der Waals surface area (Å²) in [5.41, 5.74) is 2.10. The third kappa shape index (κ3) is 4.39. The first-order chi connectivity index (χ1) is 11.2. The zero-order chi connectivity index (χ0) is 16.1. The number of nitrogens with zero attached hydrogens (tertiary/aromatic N) is 4. The van der Waals surface area contributed by atoms with Gasteiger partial charge in [-0.2, -0.15) is 5.10 Å². The van der Waals surface area contributed by atoms with E-state index in [2.05, 4.69) is 39.4 Å². The van der Waals surface area contributed by atoms with Crippen LogP contribution in [0.4, 0.5) is 5.69 Å².